The van der Waals surface area contributed by atoms with E-state index in [1.54, 1.807) is 0 Å². The summed E-state index contributed by atoms with van der Waals surface area (Å²) in [6.07, 6.45) is 1.83. The predicted octanol–water partition coefficient (Wildman–Crippen LogP) is 3.94. The number of nitrogens with zero attached hydrogens (tertiary/aromatic N) is 1. The highest BCUT2D eigenvalue weighted by Gasteiger charge is 2.00. The second kappa shape index (κ2) is 5.12. The van der Waals surface area contributed by atoms with Crippen molar-refractivity contribution in [3.63, 3.8) is 0 Å². The van der Waals surface area contributed by atoms with E-state index in [0.717, 1.165) is 28.0 Å². The van der Waals surface area contributed by atoms with E-state index in [-0.39, 0.29) is 0 Å². The van der Waals surface area contributed by atoms with E-state index in [1.807, 2.05) is 24.4 Å². The highest BCUT2D eigenvalue weighted by molar-refractivity contribution is 9.10. The van der Waals surface area contributed by atoms with Gasteiger partial charge in [0, 0.05) is 28.5 Å². The SMILES string of the molecule is CCNc1ccnc(-c2cccc(Br)c2)c1. The third-order valence-electron chi connectivity index (χ3n) is 2.26. The standard InChI is InChI=1S/C13H13BrN2/c1-2-15-12-6-7-16-13(9-12)10-4-3-5-11(14)8-10/h3-9H,2H2,1H3,(H,15,16). The maximum Gasteiger partial charge on any atom is 0.0722 e. The summed E-state index contributed by atoms with van der Waals surface area (Å²) >= 11 is 3.47. The molecule has 0 fully saturated rings. The van der Waals surface area contributed by atoms with Gasteiger partial charge in [-0.3, -0.25) is 4.98 Å². The van der Waals surface area contributed by atoms with Crippen LogP contribution in [0.15, 0.2) is 47.1 Å². The zero-order valence-corrected chi connectivity index (χ0v) is 10.7. The number of aromatic nitrogens is 1. The van der Waals surface area contributed by atoms with Crippen LogP contribution in [0.25, 0.3) is 11.3 Å². The van der Waals surface area contributed by atoms with Crippen molar-refractivity contribution in [3.8, 4) is 11.3 Å². The Morgan fingerprint density at radius 1 is 1.25 bits per heavy atom. The summed E-state index contributed by atoms with van der Waals surface area (Å²) in [5, 5.41) is 3.28. The van der Waals surface area contributed by atoms with Crippen molar-refractivity contribution in [1.82, 2.24) is 4.98 Å². The molecule has 0 radical (unpaired) electrons. The van der Waals surface area contributed by atoms with Gasteiger partial charge in [0.2, 0.25) is 0 Å². The van der Waals surface area contributed by atoms with Crippen molar-refractivity contribution < 1.29 is 0 Å². The smallest absolute Gasteiger partial charge is 0.0722 e. The second-order valence-corrected chi connectivity index (χ2v) is 4.39. The fourth-order valence-electron chi connectivity index (χ4n) is 1.55. The molecule has 1 aromatic carbocycles. The van der Waals surface area contributed by atoms with Crippen molar-refractivity contribution in [2.75, 3.05) is 11.9 Å². The van der Waals surface area contributed by atoms with E-state index in [0.29, 0.717) is 0 Å². The molecule has 0 bridgehead atoms. The monoisotopic (exact) mass is 276 g/mol. The first-order chi connectivity index (χ1) is 7.79. The number of pyridine rings is 1. The molecule has 1 aromatic heterocycles. The van der Waals surface area contributed by atoms with Gasteiger partial charge in [-0.25, -0.2) is 0 Å². The number of hydrogen-bond acceptors (Lipinski definition) is 2. The van der Waals surface area contributed by atoms with Crippen LogP contribution < -0.4 is 5.32 Å². The lowest BCUT2D eigenvalue weighted by Crippen LogP contribution is -1.96. The van der Waals surface area contributed by atoms with Crippen LogP contribution in [0.2, 0.25) is 0 Å². The maximum atomic E-state index is 4.37. The zero-order chi connectivity index (χ0) is 11.4. The minimum atomic E-state index is 0.919. The Balaban J connectivity index is 2.36. The van der Waals surface area contributed by atoms with Crippen LogP contribution in [0.3, 0.4) is 0 Å². The molecular weight excluding hydrogens is 264 g/mol. The predicted molar refractivity (Wildman–Crippen MR) is 71.5 cm³/mol. The van der Waals surface area contributed by atoms with Crippen molar-refractivity contribution in [3.05, 3.63) is 47.1 Å². The maximum absolute atomic E-state index is 4.37. The Morgan fingerprint density at radius 2 is 2.12 bits per heavy atom. The van der Waals surface area contributed by atoms with Gasteiger partial charge in [-0.15, -0.1) is 0 Å². The first kappa shape index (κ1) is 11.1. The first-order valence-corrected chi connectivity index (χ1v) is 6.05. The minimum Gasteiger partial charge on any atom is -0.385 e. The average Bonchev–Trinajstić information content (AvgIpc) is 2.30. The van der Waals surface area contributed by atoms with E-state index in [1.165, 1.54) is 0 Å². The third-order valence-corrected chi connectivity index (χ3v) is 2.75. The molecule has 0 saturated heterocycles. The fraction of sp³-hybridized carbons (Fsp3) is 0.154. The molecule has 2 aromatic rings. The first-order valence-electron chi connectivity index (χ1n) is 5.25. The van der Waals surface area contributed by atoms with Gasteiger partial charge in [0.15, 0.2) is 0 Å². The lowest BCUT2D eigenvalue weighted by atomic mass is 10.1. The van der Waals surface area contributed by atoms with Gasteiger partial charge >= 0.3 is 0 Å². The molecule has 0 aliphatic heterocycles. The Labute approximate surface area is 104 Å². The second-order valence-electron chi connectivity index (χ2n) is 3.47. The molecule has 82 valence electrons. The molecule has 0 aliphatic carbocycles. The van der Waals surface area contributed by atoms with Gasteiger partial charge < -0.3 is 5.32 Å². The molecule has 16 heavy (non-hydrogen) atoms. The van der Waals surface area contributed by atoms with E-state index >= 15 is 0 Å². The van der Waals surface area contributed by atoms with Crippen LogP contribution in [0.1, 0.15) is 6.92 Å². The van der Waals surface area contributed by atoms with Gasteiger partial charge in [0.1, 0.15) is 0 Å². The Hall–Kier alpha value is -1.35. The number of nitrogens with one attached hydrogen (secondary N) is 1. The van der Waals surface area contributed by atoms with E-state index in [2.05, 4.69) is 51.4 Å². The van der Waals surface area contributed by atoms with Crippen molar-refractivity contribution in [2.45, 2.75) is 6.92 Å². The normalized spacial score (nSPS) is 10.1. The summed E-state index contributed by atoms with van der Waals surface area (Å²) in [5.41, 5.74) is 3.21. The zero-order valence-electron chi connectivity index (χ0n) is 9.07. The fourth-order valence-corrected chi connectivity index (χ4v) is 1.95. The number of benzene rings is 1. The van der Waals surface area contributed by atoms with Crippen molar-refractivity contribution >= 4 is 21.6 Å². The van der Waals surface area contributed by atoms with Gasteiger partial charge in [-0.2, -0.15) is 0 Å². The van der Waals surface area contributed by atoms with Crippen LogP contribution in [0, 0.1) is 0 Å². The molecule has 1 heterocycles. The van der Waals surface area contributed by atoms with E-state index in [4.69, 9.17) is 0 Å². The Kier molecular flexibility index (Phi) is 3.57. The quantitative estimate of drug-likeness (QED) is 0.919. The molecular formula is C13H13BrN2. The minimum absolute atomic E-state index is 0.919. The van der Waals surface area contributed by atoms with Crippen molar-refractivity contribution in [1.29, 1.82) is 0 Å². The number of anilines is 1. The summed E-state index contributed by atoms with van der Waals surface area (Å²) in [4.78, 5) is 4.37. The molecule has 1 N–H and O–H groups in total. The lowest BCUT2D eigenvalue weighted by Gasteiger charge is -2.06. The molecule has 0 aliphatic rings. The summed E-state index contributed by atoms with van der Waals surface area (Å²) in [7, 11) is 0. The van der Waals surface area contributed by atoms with Crippen LogP contribution >= 0.6 is 15.9 Å². The number of halogens is 1. The van der Waals surface area contributed by atoms with Gasteiger partial charge in [0.05, 0.1) is 5.69 Å². The molecule has 0 saturated carbocycles. The average molecular weight is 277 g/mol. The molecule has 0 amide bonds. The molecule has 0 atom stereocenters. The third kappa shape index (κ3) is 2.61. The van der Waals surface area contributed by atoms with Crippen molar-refractivity contribution in [2.24, 2.45) is 0 Å². The van der Waals surface area contributed by atoms with Gasteiger partial charge in [0.25, 0.3) is 0 Å². The van der Waals surface area contributed by atoms with Crippen LogP contribution in [-0.4, -0.2) is 11.5 Å². The molecule has 0 unspecified atom stereocenters. The Morgan fingerprint density at radius 3 is 2.88 bits per heavy atom. The Bertz CT molecular complexity index is 483. The summed E-state index contributed by atoms with van der Waals surface area (Å²) < 4.78 is 1.07. The van der Waals surface area contributed by atoms with Gasteiger partial charge in [-0.1, -0.05) is 28.1 Å². The van der Waals surface area contributed by atoms with Crippen LogP contribution in [0.5, 0.6) is 0 Å². The summed E-state index contributed by atoms with van der Waals surface area (Å²) in [6, 6.07) is 12.2. The number of hydrogen-bond donors (Lipinski definition) is 1. The molecule has 0 spiro atoms. The van der Waals surface area contributed by atoms with Crippen LogP contribution in [0.4, 0.5) is 5.69 Å². The number of rotatable bonds is 3. The summed E-state index contributed by atoms with van der Waals surface area (Å²) in [5.74, 6) is 0. The van der Waals surface area contributed by atoms with E-state index < -0.39 is 0 Å². The highest BCUT2D eigenvalue weighted by atomic mass is 79.9. The lowest BCUT2D eigenvalue weighted by molar-refractivity contribution is 1.20. The topological polar surface area (TPSA) is 24.9 Å². The summed E-state index contributed by atoms with van der Waals surface area (Å²) in [6.45, 7) is 3.00. The van der Waals surface area contributed by atoms with Crippen LogP contribution in [-0.2, 0) is 0 Å². The molecule has 2 nitrogen and oxygen atoms in total. The highest BCUT2D eigenvalue weighted by Crippen LogP contribution is 2.23. The largest absolute Gasteiger partial charge is 0.385 e. The van der Waals surface area contributed by atoms with Gasteiger partial charge in [-0.05, 0) is 31.2 Å². The molecule has 3 heteroatoms. The molecule has 2 rings (SSSR count). The van der Waals surface area contributed by atoms with E-state index in [9.17, 15) is 0 Å².